The van der Waals surface area contributed by atoms with E-state index in [4.69, 9.17) is 4.42 Å². The van der Waals surface area contributed by atoms with Crippen LogP contribution in [0.2, 0.25) is 0 Å². The van der Waals surface area contributed by atoms with Gasteiger partial charge in [0.05, 0.1) is 12.8 Å². The highest BCUT2D eigenvalue weighted by atomic mass is 16.3. The molecule has 1 aromatic heterocycles. The topological polar surface area (TPSA) is 88.0 Å². The van der Waals surface area contributed by atoms with Gasteiger partial charge in [-0.05, 0) is 23.6 Å². The van der Waals surface area contributed by atoms with Crippen molar-refractivity contribution >= 4 is 11.8 Å². The number of carbonyl (C=O) groups is 2. The number of carbonyl (C=O) groups excluding carboxylic acids is 2. The number of nitrogens with one attached hydrogen (secondary N) is 2. The first-order valence-electron chi connectivity index (χ1n) is 9.05. The highest BCUT2D eigenvalue weighted by Crippen LogP contribution is 2.13. The molecule has 1 aliphatic rings. The summed E-state index contributed by atoms with van der Waals surface area (Å²) in [6.07, 6.45) is 2.25. The predicted molar refractivity (Wildman–Crippen MR) is 96.9 cm³/mol. The molecule has 0 fully saturated rings. The number of furan rings is 1. The second-order valence-electron chi connectivity index (χ2n) is 7.05. The molecule has 138 valence electrons. The monoisotopic (exact) mass is 356 g/mol. The molecule has 4 N–H and O–H groups in total. The van der Waals surface area contributed by atoms with Crippen molar-refractivity contribution in [2.24, 2.45) is 5.92 Å². The van der Waals surface area contributed by atoms with Gasteiger partial charge in [-0.1, -0.05) is 38.1 Å². The van der Waals surface area contributed by atoms with Gasteiger partial charge in [-0.15, -0.1) is 0 Å². The number of benzene rings is 1. The molecule has 2 amide bonds. The van der Waals surface area contributed by atoms with Gasteiger partial charge in [-0.3, -0.25) is 9.59 Å². The first-order valence-corrected chi connectivity index (χ1v) is 9.05. The molecule has 6 nitrogen and oxygen atoms in total. The summed E-state index contributed by atoms with van der Waals surface area (Å²) < 4.78 is 5.23. The minimum atomic E-state index is -0.567. The van der Waals surface area contributed by atoms with Gasteiger partial charge in [0.25, 0.3) is 5.91 Å². The zero-order valence-corrected chi connectivity index (χ0v) is 15.2. The van der Waals surface area contributed by atoms with Crippen molar-refractivity contribution in [3.8, 4) is 0 Å². The molecule has 0 unspecified atom stereocenters. The lowest BCUT2D eigenvalue weighted by Crippen LogP contribution is -2.93. The predicted octanol–water partition coefficient (Wildman–Crippen LogP) is 0.725. The van der Waals surface area contributed by atoms with E-state index >= 15 is 0 Å². The van der Waals surface area contributed by atoms with E-state index in [2.05, 4.69) is 22.8 Å². The van der Waals surface area contributed by atoms with Crippen LogP contribution < -0.4 is 16.0 Å². The van der Waals surface area contributed by atoms with Gasteiger partial charge in [0.2, 0.25) is 5.91 Å². The lowest BCUT2D eigenvalue weighted by molar-refractivity contribution is -0.695. The maximum Gasteiger partial charge on any atom is 0.279 e. The van der Waals surface area contributed by atoms with Crippen LogP contribution in [-0.4, -0.2) is 23.9 Å². The number of amides is 2. The molecular weight excluding hydrogens is 330 g/mol. The zero-order valence-electron chi connectivity index (χ0n) is 15.2. The third-order valence-corrected chi connectivity index (χ3v) is 4.78. The van der Waals surface area contributed by atoms with Crippen LogP contribution in [0.15, 0.2) is 47.1 Å². The molecule has 3 rings (SSSR count). The lowest BCUT2D eigenvalue weighted by atomic mass is 9.95. The Morgan fingerprint density at radius 2 is 1.96 bits per heavy atom. The molecule has 6 heteroatoms. The zero-order chi connectivity index (χ0) is 18.5. The Morgan fingerprint density at radius 3 is 2.65 bits per heavy atom. The summed E-state index contributed by atoms with van der Waals surface area (Å²) in [7, 11) is 0. The van der Waals surface area contributed by atoms with Gasteiger partial charge < -0.3 is 20.4 Å². The normalized spacial score (nSPS) is 17.4. The molecule has 2 aromatic rings. The van der Waals surface area contributed by atoms with E-state index in [-0.39, 0.29) is 23.8 Å². The molecule has 1 aliphatic heterocycles. The number of rotatable bonds is 6. The molecule has 26 heavy (non-hydrogen) atoms. The fourth-order valence-corrected chi connectivity index (χ4v) is 3.24. The summed E-state index contributed by atoms with van der Waals surface area (Å²) in [5.41, 5.74) is 2.48. The smallest absolute Gasteiger partial charge is 0.279 e. The molecule has 1 aromatic carbocycles. The van der Waals surface area contributed by atoms with Gasteiger partial charge in [-0.2, -0.15) is 0 Å². The Morgan fingerprint density at radius 1 is 1.19 bits per heavy atom. The SMILES string of the molecule is CC(C)[C@@H](NC(=O)[C@@H]1Cc2ccccc2C[NH2+]1)C(=O)NCc1ccco1. The molecule has 0 saturated carbocycles. The average Bonchev–Trinajstić information content (AvgIpc) is 3.17. The summed E-state index contributed by atoms with van der Waals surface area (Å²) >= 11 is 0. The summed E-state index contributed by atoms with van der Waals surface area (Å²) in [5.74, 6) is 0.392. The van der Waals surface area contributed by atoms with Gasteiger partial charge in [0.1, 0.15) is 18.3 Å². The second-order valence-corrected chi connectivity index (χ2v) is 7.05. The summed E-state index contributed by atoms with van der Waals surface area (Å²) in [5, 5.41) is 7.80. The molecule has 2 heterocycles. The van der Waals surface area contributed by atoms with Crippen LogP contribution in [0.4, 0.5) is 0 Å². The van der Waals surface area contributed by atoms with Crippen LogP contribution in [0.1, 0.15) is 30.7 Å². The number of fused-ring (bicyclic) bond motifs is 1. The largest absolute Gasteiger partial charge is 0.467 e. The molecule has 0 aliphatic carbocycles. The summed E-state index contributed by atoms with van der Waals surface area (Å²) in [6, 6.07) is 11.0. The molecule has 0 spiro atoms. The van der Waals surface area contributed by atoms with Crippen LogP contribution >= 0.6 is 0 Å². The lowest BCUT2D eigenvalue weighted by Gasteiger charge is -2.26. The van der Waals surface area contributed by atoms with Crippen LogP contribution in [0.5, 0.6) is 0 Å². The standard InChI is InChI=1S/C20H25N3O3/c1-13(2)18(20(25)22-12-16-8-5-9-26-16)23-19(24)17-10-14-6-3-4-7-15(14)11-21-17/h3-9,13,17-18,21H,10-12H2,1-2H3,(H,22,25)(H,23,24)/p+1/t17-,18+/m0/s1. The van der Waals surface area contributed by atoms with Crippen molar-refractivity contribution in [3.05, 3.63) is 59.5 Å². The van der Waals surface area contributed by atoms with Crippen molar-refractivity contribution in [2.75, 3.05) is 0 Å². The maximum atomic E-state index is 12.7. The van der Waals surface area contributed by atoms with Crippen LogP contribution in [0, 0.1) is 5.92 Å². The number of nitrogens with two attached hydrogens (primary N) is 1. The molecular formula is C20H26N3O3+. The first kappa shape index (κ1) is 18.2. The Kier molecular flexibility index (Phi) is 5.73. The Hall–Kier alpha value is -2.60. The molecule has 2 atom stereocenters. The Bertz CT molecular complexity index is 755. The van der Waals surface area contributed by atoms with Gasteiger partial charge >= 0.3 is 0 Å². The van der Waals surface area contributed by atoms with E-state index in [1.807, 2.05) is 31.3 Å². The number of hydrogen-bond donors (Lipinski definition) is 3. The molecule has 0 radical (unpaired) electrons. The van der Waals surface area contributed by atoms with Crippen LogP contribution in [-0.2, 0) is 29.1 Å². The third kappa shape index (κ3) is 4.32. The maximum absolute atomic E-state index is 12.7. The van der Waals surface area contributed by atoms with E-state index in [1.165, 1.54) is 11.1 Å². The summed E-state index contributed by atoms with van der Waals surface area (Å²) in [6.45, 7) is 4.95. The van der Waals surface area contributed by atoms with Crippen molar-refractivity contribution in [1.29, 1.82) is 0 Å². The number of hydrogen-bond acceptors (Lipinski definition) is 3. The van der Waals surface area contributed by atoms with Gasteiger partial charge in [0.15, 0.2) is 6.04 Å². The van der Waals surface area contributed by atoms with E-state index in [9.17, 15) is 9.59 Å². The minimum absolute atomic E-state index is 0.00794. The van der Waals surface area contributed by atoms with Crippen LogP contribution in [0.3, 0.4) is 0 Å². The van der Waals surface area contributed by atoms with E-state index in [1.54, 1.807) is 18.4 Å². The van der Waals surface area contributed by atoms with Gasteiger partial charge in [-0.25, -0.2) is 0 Å². The highest BCUT2D eigenvalue weighted by molar-refractivity contribution is 5.89. The van der Waals surface area contributed by atoms with E-state index in [0.29, 0.717) is 18.7 Å². The van der Waals surface area contributed by atoms with Crippen molar-refractivity contribution in [1.82, 2.24) is 10.6 Å². The third-order valence-electron chi connectivity index (χ3n) is 4.78. The fourth-order valence-electron chi connectivity index (χ4n) is 3.24. The minimum Gasteiger partial charge on any atom is -0.467 e. The van der Waals surface area contributed by atoms with Crippen molar-refractivity contribution in [3.63, 3.8) is 0 Å². The molecule has 0 bridgehead atoms. The van der Waals surface area contributed by atoms with Crippen molar-refractivity contribution < 1.29 is 19.3 Å². The average molecular weight is 356 g/mol. The second kappa shape index (κ2) is 8.19. The highest BCUT2D eigenvalue weighted by Gasteiger charge is 2.32. The van der Waals surface area contributed by atoms with Crippen LogP contribution in [0.25, 0.3) is 0 Å². The quantitative estimate of drug-likeness (QED) is 0.713. The Labute approximate surface area is 153 Å². The van der Waals surface area contributed by atoms with E-state index < -0.39 is 6.04 Å². The van der Waals surface area contributed by atoms with E-state index in [0.717, 1.165) is 6.54 Å². The summed E-state index contributed by atoms with van der Waals surface area (Å²) in [4.78, 5) is 25.2. The van der Waals surface area contributed by atoms with Gasteiger partial charge in [0, 0.05) is 12.0 Å². The first-order chi connectivity index (χ1) is 12.5. The Balaban J connectivity index is 1.59. The van der Waals surface area contributed by atoms with Crippen molar-refractivity contribution in [2.45, 2.75) is 45.4 Å². The fraction of sp³-hybridized carbons (Fsp3) is 0.400. The number of quaternary nitrogens is 1. The molecule has 0 saturated heterocycles.